The number of aromatic nitrogens is 2. The third-order valence-electron chi connectivity index (χ3n) is 5.87. The third kappa shape index (κ3) is 4.98. The van der Waals surface area contributed by atoms with Crippen molar-refractivity contribution in [2.24, 2.45) is 0 Å². The smallest absolute Gasteiger partial charge is 0.257 e. The number of methoxy groups -OCH3 is 4. The van der Waals surface area contributed by atoms with E-state index in [2.05, 4.69) is 0 Å². The van der Waals surface area contributed by atoms with E-state index >= 15 is 0 Å². The molecule has 8 heteroatoms. The number of hydrogen-bond acceptors (Lipinski definition) is 6. The van der Waals surface area contributed by atoms with E-state index in [9.17, 15) is 4.79 Å². The SMILES string of the molecule is COc1ccc(CN(C)C(=O)c2cn(-c3ccccc3)nc2-c2ccc(OC)c(OC)c2)c(OC)c1. The van der Waals surface area contributed by atoms with Gasteiger partial charge in [-0.3, -0.25) is 4.79 Å². The molecule has 0 N–H and O–H groups in total. The standard InChI is InChI=1S/C28H29N3O5/c1-30(17-20-11-13-22(33-2)16-25(20)35-4)28(32)23-18-31(21-9-7-6-8-10-21)29-27(23)19-12-14-24(34-3)26(15-19)36-5/h6-16,18H,17H2,1-5H3. The van der Waals surface area contributed by atoms with E-state index in [-0.39, 0.29) is 5.91 Å². The molecular formula is C28H29N3O5. The molecule has 0 saturated carbocycles. The van der Waals surface area contributed by atoms with Gasteiger partial charge in [0.1, 0.15) is 17.2 Å². The van der Waals surface area contributed by atoms with E-state index in [1.54, 1.807) is 63.4 Å². The Hall–Kier alpha value is -4.46. The maximum absolute atomic E-state index is 13.7. The van der Waals surface area contributed by atoms with Crippen LogP contribution in [0.4, 0.5) is 0 Å². The fourth-order valence-corrected chi connectivity index (χ4v) is 3.96. The number of nitrogens with zero attached hydrogens (tertiary/aromatic N) is 3. The Morgan fingerprint density at radius 2 is 1.56 bits per heavy atom. The lowest BCUT2D eigenvalue weighted by Crippen LogP contribution is -2.26. The van der Waals surface area contributed by atoms with Crippen molar-refractivity contribution in [3.8, 4) is 39.9 Å². The highest BCUT2D eigenvalue weighted by molar-refractivity contribution is 6.00. The zero-order valence-corrected chi connectivity index (χ0v) is 21.0. The van der Waals surface area contributed by atoms with E-state index in [0.29, 0.717) is 40.8 Å². The van der Waals surface area contributed by atoms with Crippen molar-refractivity contribution < 1.29 is 23.7 Å². The van der Waals surface area contributed by atoms with Crippen molar-refractivity contribution in [3.63, 3.8) is 0 Å². The average Bonchev–Trinajstić information content (AvgIpc) is 3.38. The Morgan fingerprint density at radius 1 is 0.833 bits per heavy atom. The van der Waals surface area contributed by atoms with E-state index in [1.807, 2.05) is 54.6 Å². The molecule has 0 radical (unpaired) electrons. The first-order valence-corrected chi connectivity index (χ1v) is 11.3. The van der Waals surface area contributed by atoms with Gasteiger partial charge in [0, 0.05) is 37.0 Å². The van der Waals surface area contributed by atoms with Crippen molar-refractivity contribution >= 4 is 5.91 Å². The van der Waals surface area contributed by atoms with Crippen LogP contribution in [0.15, 0.2) is 72.9 Å². The summed E-state index contributed by atoms with van der Waals surface area (Å²) in [5.74, 6) is 2.30. The van der Waals surface area contributed by atoms with Crippen molar-refractivity contribution in [2.45, 2.75) is 6.54 Å². The summed E-state index contributed by atoms with van der Waals surface area (Å²) >= 11 is 0. The maximum Gasteiger partial charge on any atom is 0.257 e. The molecule has 0 unspecified atom stereocenters. The van der Waals surface area contributed by atoms with Crippen molar-refractivity contribution in [2.75, 3.05) is 35.5 Å². The lowest BCUT2D eigenvalue weighted by molar-refractivity contribution is 0.0785. The Kier molecular flexibility index (Phi) is 7.44. The van der Waals surface area contributed by atoms with Crippen LogP contribution >= 0.6 is 0 Å². The van der Waals surface area contributed by atoms with Crippen LogP contribution in [-0.4, -0.2) is 56.1 Å². The normalized spacial score (nSPS) is 10.6. The molecule has 1 amide bonds. The van der Waals surface area contributed by atoms with E-state index in [1.165, 1.54) is 0 Å². The lowest BCUT2D eigenvalue weighted by atomic mass is 10.1. The molecule has 36 heavy (non-hydrogen) atoms. The summed E-state index contributed by atoms with van der Waals surface area (Å²) in [6, 6.07) is 20.7. The number of rotatable bonds is 9. The first-order valence-electron chi connectivity index (χ1n) is 11.3. The van der Waals surface area contributed by atoms with Crippen LogP contribution in [0.25, 0.3) is 16.9 Å². The molecule has 1 aromatic heterocycles. The van der Waals surface area contributed by atoms with Crippen molar-refractivity contribution in [3.05, 3.63) is 84.1 Å². The zero-order chi connectivity index (χ0) is 25.7. The fourth-order valence-electron chi connectivity index (χ4n) is 3.96. The molecular weight excluding hydrogens is 458 g/mol. The Bertz CT molecular complexity index is 1350. The monoisotopic (exact) mass is 487 g/mol. The predicted octanol–water partition coefficient (Wildman–Crippen LogP) is 4.85. The summed E-state index contributed by atoms with van der Waals surface area (Å²) in [5, 5.41) is 4.78. The molecule has 4 aromatic rings. The molecule has 0 aliphatic carbocycles. The molecule has 3 aromatic carbocycles. The summed E-state index contributed by atoms with van der Waals surface area (Å²) in [7, 11) is 8.11. The topological polar surface area (TPSA) is 75.1 Å². The summed E-state index contributed by atoms with van der Waals surface area (Å²) < 4.78 is 23.4. The molecule has 0 atom stereocenters. The van der Waals surface area contributed by atoms with Gasteiger partial charge in [0.2, 0.25) is 0 Å². The molecule has 1 heterocycles. The van der Waals surface area contributed by atoms with Gasteiger partial charge >= 0.3 is 0 Å². The molecule has 0 aliphatic rings. The van der Waals surface area contributed by atoms with E-state index in [0.717, 1.165) is 16.8 Å². The fraction of sp³-hybridized carbons (Fsp3) is 0.214. The number of benzene rings is 3. The minimum atomic E-state index is -0.181. The molecule has 0 fully saturated rings. The quantitative estimate of drug-likeness (QED) is 0.336. The maximum atomic E-state index is 13.7. The highest BCUT2D eigenvalue weighted by atomic mass is 16.5. The van der Waals surface area contributed by atoms with Gasteiger partial charge in [0.15, 0.2) is 11.5 Å². The predicted molar refractivity (Wildman–Crippen MR) is 137 cm³/mol. The minimum absolute atomic E-state index is 0.181. The number of para-hydroxylation sites is 1. The first kappa shape index (κ1) is 24.7. The summed E-state index contributed by atoms with van der Waals surface area (Å²) in [5.41, 5.74) is 3.44. The second-order valence-corrected chi connectivity index (χ2v) is 8.08. The van der Waals surface area contributed by atoms with Crippen LogP contribution in [0, 0.1) is 0 Å². The van der Waals surface area contributed by atoms with Gasteiger partial charge in [-0.15, -0.1) is 0 Å². The summed E-state index contributed by atoms with van der Waals surface area (Å²) in [6.07, 6.45) is 1.76. The molecule has 186 valence electrons. The van der Waals surface area contributed by atoms with Crippen LogP contribution < -0.4 is 18.9 Å². The van der Waals surface area contributed by atoms with Gasteiger partial charge in [-0.05, 0) is 42.5 Å². The van der Waals surface area contributed by atoms with Gasteiger partial charge in [-0.2, -0.15) is 5.10 Å². The van der Waals surface area contributed by atoms with Gasteiger partial charge < -0.3 is 23.8 Å². The molecule has 4 rings (SSSR count). The third-order valence-corrected chi connectivity index (χ3v) is 5.87. The van der Waals surface area contributed by atoms with Crippen LogP contribution in [0.5, 0.6) is 23.0 Å². The Morgan fingerprint density at radius 3 is 2.22 bits per heavy atom. The molecule has 0 spiro atoms. The Labute approximate surface area is 210 Å². The van der Waals surface area contributed by atoms with Gasteiger partial charge in [0.25, 0.3) is 5.91 Å². The van der Waals surface area contributed by atoms with Crippen LogP contribution in [0.2, 0.25) is 0 Å². The zero-order valence-electron chi connectivity index (χ0n) is 21.0. The highest BCUT2D eigenvalue weighted by Crippen LogP contribution is 2.34. The number of carbonyl (C=O) groups excluding carboxylic acids is 1. The van der Waals surface area contributed by atoms with Crippen LogP contribution in [-0.2, 0) is 6.54 Å². The molecule has 8 nitrogen and oxygen atoms in total. The highest BCUT2D eigenvalue weighted by Gasteiger charge is 2.23. The Balaban J connectivity index is 1.74. The van der Waals surface area contributed by atoms with E-state index < -0.39 is 0 Å². The van der Waals surface area contributed by atoms with Crippen molar-refractivity contribution in [1.82, 2.24) is 14.7 Å². The first-order chi connectivity index (χ1) is 17.5. The largest absolute Gasteiger partial charge is 0.497 e. The number of ether oxygens (including phenoxy) is 4. The number of amides is 1. The van der Waals surface area contributed by atoms with Crippen LogP contribution in [0.3, 0.4) is 0 Å². The number of hydrogen-bond donors (Lipinski definition) is 0. The summed E-state index contributed by atoms with van der Waals surface area (Å²) in [6.45, 7) is 0.341. The summed E-state index contributed by atoms with van der Waals surface area (Å²) in [4.78, 5) is 15.4. The average molecular weight is 488 g/mol. The molecule has 0 aliphatic heterocycles. The molecule has 0 saturated heterocycles. The van der Waals surface area contributed by atoms with Crippen LogP contribution in [0.1, 0.15) is 15.9 Å². The van der Waals surface area contributed by atoms with Gasteiger partial charge in [-0.25, -0.2) is 4.68 Å². The van der Waals surface area contributed by atoms with Gasteiger partial charge in [-0.1, -0.05) is 18.2 Å². The van der Waals surface area contributed by atoms with Gasteiger partial charge in [0.05, 0.1) is 39.7 Å². The molecule has 0 bridgehead atoms. The van der Waals surface area contributed by atoms with Crippen molar-refractivity contribution in [1.29, 1.82) is 0 Å². The lowest BCUT2D eigenvalue weighted by Gasteiger charge is -2.19. The number of carbonyl (C=O) groups is 1. The minimum Gasteiger partial charge on any atom is -0.497 e. The second-order valence-electron chi connectivity index (χ2n) is 8.08. The van der Waals surface area contributed by atoms with E-state index in [4.69, 9.17) is 24.0 Å². The second kappa shape index (κ2) is 10.9.